The standard InChI is InChI=1S/C26H34O6/c1-5-16-30-24(27)15-9-14-22-17-23(31-18-29-4)19(2)10-6-7-12-21-13-8-11-20(3)25(21)26(28)32-22/h5-9,11,13,15,19,22-23H,1,10,12,14,16-18H2,2-4H3/b7-6+,15-9+/t19-,22-,23+/m0/s1. The Hall–Kier alpha value is -2.70. The first-order valence-corrected chi connectivity index (χ1v) is 11.0. The Balaban J connectivity index is 2.28. The Kier molecular flexibility index (Phi) is 10.9. The van der Waals surface area contributed by atoms with Crippen LogP contribution in [0.5, 0.6) is 0 Å². The van der Waals surface area contributed by atoms with Crippen LogP contribution in [0.25, 0.3) is 0 Å². The van der Waals surface area contributed by atoms with Gasteiger partial charge in [-0.25, -0.2) is 9.59 Å². The van der Waals surface area contributed by atoms with Gasteiger partial charge in [0.25, 0.3) is 0 Å². The molecule has 32 heavy (non-hydrogen) atoms. The van der Waals surface area contributed by atoms with Crippen LogP contribution in [0.4, 0.5) is 0 Å². The zero-order chi connectivity index (χ0) is 23.3. The summed E-state index contributed by atoms with van der Waals surface area (Å²) in [5.74, 6) is -0.630. The number of allylic oxidation sites excluding steroid dienone is 2. The molecule has 0 radical (unpaired) electrons. The zero-order valence-corrected chi connectivity index (χ0v) is 19.3. The largest absolute Gasteiger partial charge is 0.458 e. The highest BCUT2D eigenvalue weighted by atomic mass is 16.7. The van der Waals surface area contributed by atoms with E-state index in [9.17, 15) is 9.59 Å². The molecule has 0 saturated heterocycles. The molecule has 0 fully saturated rings. The SMILES string of the molecule is C=CCOC(=O)/C=C/C[C@H]1C[C@@H](OCOC)[C@@H](C)C/C=C/Cc2cccc(C)c2C(=O)O1. The summed E-state index contributed by atoms with van der Waals surface area (Å²) in [5, 5.41) is 0. The van der Waals surface area contributed by atoms with Gasteiger partial charge in [-0.05, 0) is 36.8 Å². The van der Waals surface area contributed by atoms with Crippen molar-refractivity contribution in [2.45, 2.75) is 51.7 Å². The van der Waals surface area contributed by atoms with Crippen molar-refractivity contribution in [2.24, 2.45) is 5.92 Å². The first-order valence-electron chi connectivity index (χ1n) is 11.0. The smallest absolute Gasteiger partial charge is 0.338 e. The van der Waals surface area contributed by atoms with Gasteiger partial charge >= 0.3 is 11.9 Å². The van der Waals surface area contributed by atoms with Crippen molar-refractivity contribution in [3.63, 3.8) is 0 Å². The van der Waals surface area contributed by atoms with E-state index in [1.165, 1.54) is 12.2 Å². The lowest BCUT2D eigenvalue weighted by Gasteiger charge is -2.28. The first-order chi connectivity index (χ1) is 15.5. The minimum Gasteiger partial charge on any atom is -0.458 e. The fraction of sp³-hybridized carbons (Fsp3) is 0.462. The third-order valence-electron chi connectivity index (χ3n) is 5.38. The van der Waals surface area contributed by atoms with Gasteiger partial charge < -0.3 is 18.9 Å². The lowest BCUT2D eigenvalue weighted by molar-refractivity contribution is -0.136. The molecule has 0 aliphatic carbocycles. The van der Waals surface area contributed by atoms with E-state index < -0.39 is 12.1 Å². The Morgan fingerprint density at radius 3 is 2.88 bits per heavy atom. The van der Waals surface area contributed by atoms with E-state index in [2.05, 4.69) is 25.7 Å². The van der Waals surface area contributed by atoms with Crippen LogP contribution in [0.1, 0.15) is 47.7 Å². The maximum atomic E-state index is 13.2. The first kappa shape index (κ1) is 25.6. The van der Waals surface area contributed by atoms with Crippen LogP contribution in [0.3, 0.4) is 0 Å². The molecule has 1 heterocycles. The van der Waals surface area contributed by atoms with Gasteiger partial charge in [-0.1, -0.05) is 56.0 Å². The number of methoxy groups -OCH3 is 1. The molecule has 3 atom stereocenters. The van der Waals surface area contributed by atoms with E-state index in [4.69, 9.17) is 18.9 Å². The number of cyclic esters (lactones) is 1. The van der Waals surface area contributed by atoms with Gasteiger partial charge in [0.2, 0.25) is 0 Å². The third-order valence-corrected chi connectivity index (χ3v) is 5.38. The Bertz CT molecular complexity index is 826. The maximum absolute atomic E-state index is 13.2. The fourth-order valence-corrected chi connectivity index (χ4v) is 3.65. The summed E-state index contributed by atoms with van der Waals surface area (Å²) in [5.41, 5.74) is 2.41. The molecule has 1 aliphatic rings. The van der Waals surface area contributed by atoms with Crippen LogP contribution in [-0.4, -0.2) is 44.7 Å². The summed E-state index contributed by atoms with van der Waals surface area (Å²) in [6, 6.07) is 5.82. The third kappa shape index (κ3) is 8.09. The van der Waals surface area contributed by atoms with Crippen molar-refractivity contribution in [1.29, 1.82) is 0 Å². The van der Waals surface area contributed by atoms with Crippen LogP contribution >= 0.6 is 0 Å². The molecular formula is C26H34O6. The number of carbonyl (C=O) groups excluding carboxylic acids is 2. The molecule has 6 nitrogen and oxygen atoms in total. The second-order valence-electron chi connectivity index (χ2n) is 7.93. The number of hydrogen-bond acceptors (Lipinski definition) is 6. The van der Waals surface area contributed by atoms with Gasteiger partial charge in [0.15, 0.2) is 0 Å². The van der Waals surface area contributed by atoms with Crippen molar-refractivity contribution < 1.29 is 28.5 Å². The van der Waals surface area contributed by atoms with Crippen molar-refractivity contribution in [3.8, 4) is 0 Å². The molecule has 0 bridgehead atoms. The van der Waals surface area contributed by atoms with Crippen LogP contribution in [0.15, 0.2) is 55.2 Å². The number of carbonyl (C=O) groups is 2. The number of aryl methyl sites for hydroxylation is 1. The zero-order valence-electron chi connectivity index (χ0n) is 19.3. The number of ether oxygens (including phenoxy) is 4. The number of esters is 2. The van der Waals surface area contributed by atoms with Crippen molar-refractivity contribution in [2.75, 3.05) is 20.5 Å². The van der Waals surface area contributed by atoms with E-state index in [0.717, 1.165) is 17.5 Å². The summed E-state index contributed by atoms with van der Waals surface area (Å²) in [4.78, 5) is 24.9. The van der Waals surface area contributed by atoms with Gasteiger partial charge in [0.1, 0.15) is 19.5 Å². The normalized spacial score (nSPS) is 22.8. The summed E-state index contributed by atoms with van der Waals surface area (Å²) < 4.78 is 21.9. The van der Waals surface area contributed by atoms with E-state index in [1.54, 1.807) is 13.2 Å². The second kappa shape index (κ2) is 13.7. The minimum absolute atomic E-state index is 0.148. The highest BCUT2D eigenvalue weighted by molar-refractivity contribution is 5.93. The number of hydrogen-bond donors (Lipinski definition) is 0. The number of fused-ring (bicyclic) bond motifs is 1. The van der Waals surface area contributed by atoms with E-state index in [-0.39, 0.29) is 31.4 Å². The van der Waals surface area contributed by atoms with Gasteiger partial charge in [-0.15, -0.1) is 0 Å². The van der Waals surface area contributed by atoms with Gasteiger partial charge in [-0.2, -0.15) is 0 Å². The predicted molar refractivity (Wildman–Crippen MR) is 123 cm³/mol. The van der Waals surface area contributed by atoms with Crippen molar-refractivity contribution in [1.82, 2.24) is 0 Å². The van der Waals surface area contributed by atoms with E-state index in [1.807, 2.05) is 25.1 Å². The molecule has 0 saturated carbocycles. The molecule has 0 N–H and O–H groups in total. The molecular weight excluding hydrogens is 408 g/mol. The van der Waals surface area contributed by atoms with Crippen LogP contribution in [0, 0.1) is 12.8 Å². The molecule has 0 amide bonds. The minimum atomic E-state index is -0.467. The quantitative estimate of drug-likeness (QED) is 0.251. The molecule has 1 aromatic rings. The van der Waals surface area contributed by atoms with Gasteiger partial charge in [0, 0.05) is 26.0 Å². The average molecular weight is 443 g/mol. The van der Waals surface area contributed by atoms with E-state index >= 15 is 0 Å². The monoisotopic (exact) mass is 442 g/mol. The molecule has 0 unspecified atom stereocenters. The number of benzene rings is 1. The predicted octanol–water partition coefficient (Wildman–Crippen LogP) is 4.71. The molecule has 1 aliphatic heterocycles. The van der Waals surface area contributed by atoms with Crippen LogP contribution in [0.2, 0.25) is 0 Å². The van der Waals surface area contributed by atoms with Gasteiger partial charge in [0.05, 0.1) is 11.7 Å². The highest BCUT2D eigenvalue weighted by Crippen LogP contribution is 2.25. The maximum Gasteiger partial charge on any atom is 0.338 e. The molecule has 1 aromatic carbocycles. The molecule has 0 spiro atoms. The summed E-state index contributed by atoms with van der Waals surface area (Å²) in [6.07, 6.45) is 10.5. The number of rotatable bonds is 8. The summed E-state index contributed by atoms with van der Waals surface area (Å²) in [6.45, 7) is 7.85. The second-order valence-corrected chi connectivity index (χ2v) is 7.93. The topological polar surface area (TPSA) is 71.1 Å². The lowest BCUT2D eigenvalue weighted by atomic mass is 9.93. The molecule has 6 heteroatoms. The Morgan fingerprint density at radius 2 is 2.12 bits per heavy atom. The van der Waals surface area contributed by atoms with Crippen LogP contribution < -0.4 is 0 Å². The average Bonchev–Trinajstić information content (AvgIpc) is 2.76. The Labute approximate surface area is 190 Å². The van der Waals surface area contributed by atoms with Crippen molar-refractivity contribution >= 4 is 11.9 Å². The fourth-order valence-electron chi connectivity index (χ4n) is 3.65. The molecule has 2 rings (SSSR count). The highest BCUT2D eigenvalue weighted by Gasteiger charge is 2.26. The molecule has 174 valence electrons. The van der Waals surface area contributed by atoms with Crippen molar-refractivity contribution in [3.05, 3.63) is 71.8 Å². The van der Waals surface area contributed by atoms with Crippen LogP contribution in [-0.2, 0) is 30.2 Å². The molecule has 0 aromatic heterocycles. The summed E-state index contributed by atoms with van der Waals surface area (Å²) in [7, 11) is 1.58. The Morgan fingerprint density at radius 1 is 1.31 bits per heavy atom. The van der Waals surface area contributed by atoms with E-state index in [0.29, 0.717) is 24.8 Å². The lowest BCUT2D eigenvalue weighted by Crippen LogP contribution is -2.31. The summed E-state index contributed by atoms with van der Waals surface area (Å²) >= 11 is 0. The van der Waals surface area contributed by atoms with Gasteiger partial charge in [-0.3, -0.25) is 0 Å².